The van der Waals surface area contributed by atoms with Crippen LogP contribution in [0.25, 0.3) is 0 Å². The van der Waals surface area contributed by atoms with E-state index >= 15 is 0 Å². The van der Waals surface area contributed by atoms with Gasteiger partial charge in [0.05, 0.1) is 0 Å². The normalized spacial score (nSPS) is 42.2. The van der Waals surface area contributed by atoms with Gasteiger partial charge in [0.1, 0.15) is 0 Å². The molecule has 0 fully saturated rings. The monoisotopic (exact) mass is 166 g/mol. The van der Waals surface area contributed by atoms with Crippen LogP contribution in [-0.2, 0) is 0 Å². The highest BCUT2D eigenvalue weighted by Crippen LogP contribution is 2.36. The summed E-state index contributed by atoms with van der Waals surface area (Å²) in [5.74, 6) is 4.07. The maximum Gasteiger partial charge on any atom is -0.0182 e. The molecule has 0 saturated heterocycles. The van der Waals surface area contributed by atoms with Crippen molar-refractivity contribution in [2.75, 3.05) is 0 Å². The molecule has 1 aliphatic carbocycles. The first-order chi connectivity index (χ1) is 5.54. The van der Waals surface area contributed by atoms with E-state index in [1.54, 1.807) is 0 Å². The Labute approximate surface area is 77.1 Å². The minimum atomic E-state index is 0.773. The van der Waals surface area contributed by atoms with Crippen LogP contribution in [0.3, 0.4) is 0 Å². The van der Waals surface area contributed by atoms with E-state index in [-0.39, 0.29) is 0 Å². The Bertz CT molecular complexity index is 167. The van der Waals surface area contributed by atoms with Gasteiger partial charge in [0.2, 0.25) is 0 Å². The van der Waals surface area contributed by atoms with E-state index in [0.717, 1.165) is 29.6 Å². The number of rotatable bonds is 1. The van der Waals surface area contributed by atoms with Crippen molar-refractivity contribution >= 4 is 0 Å². The molecule has 0 amide bonds. The fourth-order valence-corrected chi connectivity index (χ4v) is 2.31. The minimum absolute atomic E-state index is 0.773. The summed E-state index contributed by atoms with van der Waals surface area (Å²) in [6.07, 6.45) is 4.83. The molecule has 0 aromatic rings. The highest BCUT2D eigenvalue weighted by Gasteiger charge is 2.29. The van der Waals surface area contributed by atoms with Crippen molar-refractivity contribution in [1.29, 1.82) is 0 Å². The van der Waals surface area contributed by atoms with Gasteiger partial charge in [-0.3, -0.25) is 0 Å². The molecule has 0 aromatic heterocycles. The van der Waals surface area contributed by atoms with Crippen LogP contribution in [0.5, 0.6) is 0 Å². The molecule has 0 heteroatoms. The topological polar surface area (TPSA) is 0 Å². The summed E-state index contributed by atoms with van der Waals surface area (Å²) in [5.41, 5.74) is 0. The number of hydrogen-bond acceptors (Lipinski definition) is 0. The summed E-state index contributed by atoms with van der Waals surface area (Å²) < 4.78 is 0. The van der Waals surface area contributed by atoms with Crippen LogP contribution >= 0.6 is 0 Å². The fourth-order valence-electron chi connectivity index (χ4n) is 2.31. The Kier molecular flexibility index (Phi) is 2.98. The van der Waals surface area contributed by atoms with E-state index in [4.69, 9.17) is 0 Å². The average molecular weight is 166 g/mol. The van der Waals surface area contributed by atoms with Gasteiger partial charge in [0, 0.05) is 0 Å². The molecule has 0 aromatic carbocycles. The van der Waals surface area contributed by atoms with Gasteiger partial charge in [-0.2, -0.15) is 0 Å². The molecule has 1 rings (SSSR count). The molecule has 0 nitrogen and oxygen atoms in total. The second kappa shape index (κ2) is 3.64. The van der Waals surface area contributed by atoms with Crippen LogP contribution < -0.4 is 0 Å². The molecular formula is C12H22. The molecule has 3 unspecified atom stereocenters. The lowest BCUT2D eigenvalue weighted by molar-refractivity contribution is 0.199. The van der Waals surface area contributed by atoms with Crippen molar-refractivity contribution < 1.29 is 0 Å². The predicted molar refractivity (Wildman–Crippen MR) is 55.0 cm³/mol. The molecule has 12 heavy (non-hydrogen) atoms. The van der Waals surface area contributed by atoms with E-state index < -0.39 is 0 Å². The van der Waals surface area contributed by atoms with Crippen molar-refractivity contribution in [3.63, 3.8) is 0 Å². The number of allylic oxidation sites excluding steroid dienone is 2. The molecule has 0 radical (unpaired) electrons. The molecule has 0 saturated carbocycles. The summed E-state index contributed by atoms with van der Waals surface area (Å²) in [6.45, 7) is 11.8. The Morgan fingerprint density at radius 1 is 0.917 bits per heavy atom. The molecule has 0 N–H and O–H groups in total. The standard InChI is InChI=1S/C12H22/c1-8(2)12-7-6-9(3)10(4)11(12)5/h6-12H,1-5H3/t9?,10-,11?,12?/m1/s1. The number of hydrogen-bond donors (Lipinski definition) is 0. The van der Waals surface area contributed by atoms with E-state index in [0.29, 0.717) is 0 Å². The maximum atomic E-state index is 2.43. The quantitative estimate of drug-likeness (QED) is 0.521. The summed E-state index contributed by atoms with van der Waals surface area (Å²) in [6, 6.07) is 0. The molecule has 0 spiro atoms. The Balaban J connectivity index is 2.74. The summed E-state index contributed by atoms with van der Waals surface area (Å²) in [4.78, 5) is 0. The Morgan fingerprint density at radius 2 is 1.50 bits per heavy atom. The highest BCUT2D eigenvalue weighted by molar-refractivity contribution is 5.02. The fraction of sp³-hybridized carbons (Fsp3) is 0.833. The van der Waals surface area contributed by atoms with Gasteiger partial charge >= 0.3 is 0 Å². The zero-order valence-corrected chi connectivity index (χ0v) is 9.04. The van der Waals surface area contributed by atoms with E-state index in [2.05, 4.69) is 46.8 Å². The summed E-state index contributed by atoms with van der Waals surface area (Å²) >= 11 is 0. The van der Waals surface area contributed by atoms with Crippen LogP contribution in [-0.4, -0.2) is 0 Å². The molecule has 1 aliphatic rings. The van der Waals surface area contributed by atoms with Crippen LogP contribution in [0.15, 0.2) is 12.2 Å². The second-order valence-corrected chi connectivity index (χ2v) is 4.78. The van der Waals surface area contributed by atoms with Gasteiger partial charge in [-0.05, 0) is 29.6 Å². The Morgan fingerprint density at radius 3 is 2.00 bits per heavy atom. The highest BCUT2D eigenvalue weighted by atomic mass is 14.3. The molecule has 0 heterocycles. The van der Waals surface area contributed by atoms with Gasteiger partial charge in [0.25, 0.3) is 0 Å². The Hall–Kier alpha value is -0.260. The average Bonchev–Trinajstić information content (AvgIpc) is 2.00. The van der Waals surface area contributed by atoms with E-state index in [9.17, 15) is 0 Å². The van der Waals surface area contributed by atoms with Crippen molar-refractivity contribution in [2.45, 2.75) is 34.6 Å². The molecule has 70 valence electrons. The second-order valence-electron chi connectivity index (χ2n) is 4.78. The smallest absolute Gasteiger partial charge is 0.0182 e. The zero-order valence-electron chi connectivity index (χ0n) is 9.04. The largest absolute Gasteiger partial charge is 0.0851 e. The maximum absolute atomic E-state index is 2.43. The van der Waals surface area contributed by atoms with Gasteiger partial charge in [-0.15, -0.1) is 0 Å². The van der Waals surface area contributed by atoms with Gasteiger partial charge < -0.3 is 0 Å². The van der Waals surface area contributed by atoms with Crippen LogP contribution in [0.2, 0.25) is 0 Å². The van der Waals surface area contributed by atoms with Crippen molar-refractivity contribution in [3.8, 4) is 0 Å². The zero-order chi connectivity index (χ0) is 9.30. The molecule has 0 aliphatic heterocycles. The van der Waals surface area contributed by atoms with Crippen molar-refractivity contribution in [1.82, 2.24) is 0 Å². The minimum Gasteiger partial charge on any atom is -0.0851 e. The third-order valence-electron chi connectivity index (χ3n) is 3.67. The third-order valence-corrected chi connectivity index (χ3v) is 3.67. The SMILES string of the molecule is CC(C)C1C=CC(C)[C@@H](C)C1C. The molecule has 4 atom stereocenters. The summed E-state index contributed by atoms with van der Waals surface area (Å²) in [5, 5.41) is 0. The van der Waals surface area contributed by atoms with E-state index in [1.165, 1.54) is 0 Å². The molecule has 0 bridgehead atoms. The van der Waals surface area contributed by atoms with Crippen molar-refractivity contribution in [3.05, 3.63) is 12.2 Å². The first kappa shape index (κ1) is 9.83. The van der Waals surface area contributed by atoms with Crippen LogP contribution in [0, 0.1) is 29.6 Å². The molecular weight excluding hydrogens is 144 g/mol. The van der Waals surface area contributed by atoms with Gasteiger partial charge in [0.15, 0.2) is 0 Å². The lowest BCUT2D eigenvalue weighted by atomic mass is 9.69. The van der Waals surface area contributed by atoms with Crippen molar-refractivity contribution in [2.24, 2.45) is 29.6 Å². The van der Waals surface area contributed by atoms with Crippen LogP contribution in [0.4, 0.5) is 0 Å². The van der Waals surface area contributed by atoms with Gasteiger partial charge in [-0.1, -0.05) is 46.8 Å². The van der Waals surface area contributed by atoms with Gasteiger partial charge in [-0.25, -0.2) is 0 Å². The van der Waals surface area contributed by atoms with E-state index in [1.807, 2.05) is 0 Å². The first-order valence-electron chi connectivity index (χ1n) is 5.22. The summed E-state index contributed by atoms with van der Waals surface area (Å²) in [7, 11) is 0. The lowest BCUT2D eigenvalue weighted by Gasteiger charge is -2.36. The lowest BCUT2D eigenvalue weighted by Crippen LogP contribution is -2.28. The first-order valence-corrected chi connectivity index (χ1v) is 5.22. The predicted octanol–water partition coefficient (Wildman–Crippen LogP) is 3.74. The van der Waals surface area contributed by atoms with Crippen LogP contribution in [0.1, 0.15) is 34.6 Å². The third kappa shape index (κ3) is 1.73.